The minimum absolute atomic E-state index is 0.297. The molecule has 1 atom stereocenters. The van der Waals surface area contributed by atoms with Crippen LogP contribution in [0.1, 0.15) is 58.3 Å². The van der Waals surface area contributed by atoms with Crippen LogP contribution < -0.4 is 0 Å². The van der Waals surface area contributed by atoms with E-state index in [1.807, 2.05) is 0 Å². The molecule has 1 aliphatic carbocycles. The summed E-state index contributed by atoms with van der Waals surface area (Å²) in [6.07, 6.45) is 10.9. The second kappa shape index (κ2) is 6.65. The summed E-state index contributed by atoms with van der Waals surface area (Å²) < 4.78 is 0. The third kappa shape index (κ3) is 5.01. The predicted molar refractivity (Wildman–Crippen MR) is 61.8 cm³/mol. The van der Waals surface area contributed by atoms with Gasteiger partial charge in [-0.2, -0.15) is 0 Å². The van der Waals surface area contributed by atoms with Crippen LogP contribution in [0.25, 0.3) is 0 Å². The molecule has 86 valence electrons. The molecule has 0 saturated carbocycles. The molecule has 1 unspecified atom stereocenters. The average molecular weight is 210 g/mol. The number of carboxylic acid groups (broad SMARTS) is 1. The van der Waals surface area contributed by atoms with Gasteiger partial charge in [0, 0.05) is 6.42 Å². The van der Waals surface area contributed by atoms with E-state index in [-0.39, 0.29) is 0 Å². The Hall–Kier alpha value is -0.790. The van der Waals surface area contributed by atoms with E-state index in [1.165, 1.54) is 37.7 Å². The van der Waals surface area contributed by atoms with Gasteiger partial charge in [0.15, 0.2) is 0 Å². The summed E-state index contributed by atoms with van der Waals surface area (Å²) in [4.78, 5) is 10.4. The maximum atomic E-state index is 10.4. The average Bonchev–Trinajstić information content (AvgIpc) is 2.25. The molecule has 0 aliphatic heterocycles. The first kappa shape index (κ1) is 12.3. The van der Waals surface area contributed by atoms with Gasteiger partial charge in [0.05, 0.1) is 0 Å². The molecule has 1 aliphatic rings. The lowest BCUT2D eigenvalue weighted by atomic mass is 9.85. The number of carbonyl (C=O) groups is 1. The van der Waals surface area contributed by atoms with E-state index in [0.717, 1.165) is 18.8 Å². The van der Waals surface area contributed by atoms with Crippen LogP contribution in [-0.4, -0.2) is 11.1 Å². The van der Waals surface area contributed by atoms with Crippen LogP contribution >= 0.6 is 0 Å². The fourth-order valence-corrected chi connectivity index (χ4v) is 2.19. The monoisotopic (exact) mass is 210 g/mol. The largest absolute Gasteiger partial charge is 0.481 e. The number of allylic oxidation sites excluding steroid dienone is 2. The molecule has 0 heterocycles. The van der Waals surface area contributed by atoms with Crippen molar-refractivity contribution < 1.29 is 9.90 Å². The minimum atomic E-state index is -0.677. The van der Waals surface area contributed by atoms with Gasteiger partial charge in [0.25, 0.3) is 0 Å². The van der Waals surface area contributed by atoms with Gasteiger partial charge in [-0.05, 0) is 31.6 Å². The molecule has 0 aromatic rings. The molecule has 2 heteroatoms. The molecule has 0 aromatic carbocycles. The van der Waals surface area contributed by atoms with Crippen LogP contribution in [0.4, 0.5) is 0 Å². The lowest BCUT2D eigenvalue weighted by molar-refractivity contribution is -0.136. The Morgan fingerprint density at radius 1 is 1.60 bits per heavy atom. The fraction of sp³-hybridized carbons (Fsp3) is 0.769. The van der Waals surface area contributed by atoms with Gasteiger partial charge < -0.3 is 5.11 Å². The summed E-state index contributed by atoms with van der Waals surface area (Å²) in [5, 5.41) is 8.59. The minimum Gasteiger partial charge on any atom is -0.481 e. The maximum absolute atomic E-state index is 10.4. The standard InChI is InChI=1S/C13H22O2/c1-2-3-4-11-5-7-12(8-6-11)9-10-13(14)15/h7,11H,2-6,8-10H2,1H3,(H,14,15). The van der Waals surface area contributed by atoms with E-state index in [1.54, 1.807) is 0 Å². The number of carboxylic acids is 1. The van der Waals surface area contributed by atoms with Crippen LogP contribution in [0.5, 0.6) is 0 Å². The van der Waals surface area contributed by atoms with E-state index >= 15 is 0 Å². The first-order valence-corrected chi connectivity index (χ1v) is 6.12. The maximum Gasteiger partial charge on any atom is 0.303 e. The molecule has 2 nitrogen and oxygen atoms in total. The Labute approximate surface area is 92.4 Å². The van der Waals surface area contributed by atoms with Crippen LogP contribution in [0.3, 0.4) is 0 Å². The molecule has 0 bridgehead atoms. The van der Waals surface area contributed by atoms with Crippen molar-refractivity contribution in [2.45, 2.75) is 58.3 Å². The normalized spacial score (nSPS) is 21.1. The number of aliphatic carboxylic acids is 1. The summed E-state index contributed by atoms with van der Waals surface area (Å²) in [6, 6.07) is 0. The number of rotatable bonds is 6. The topological polar surface area (TPSA) is 37.3 Å². The molecule has 15 heavy (non-hydrogen) atoms. The summed E-state index contributed by atoms with van der Waals surface area (Å²) in [7, 11) is 0. The van der Waals surface area contributed by atoms with Crippen molar-refractivity contribution >= 4 is 5.97 Å². The van der Waals surface area contributed by atoms with E-state index in [4.69, 9.17) is 5.11 Å². The van der Waals surface area contributed by atoms with Crippen molar-refractivity contribution in [2.24, 2.45) is 5.92 Å². The van der Waals surface area contributed by atoms with Gasteiger partial charge in [-0.1, -0.05) is 37.8 Å². The first-order chi connectivity index (χ1) is 7.22. The molecular formula is C13H22O2. The Balaban J connectivity index is 2.22. The number of unbranched alkanes of at least 4 members (excludes halogenated alkanes) is 1. The van der Waals surface area contributed by atoms with Crippen molar-refractivity contribution in [3.8, 4) is 0 Å². The molecule has 1 rings (SSSR count). The Kier molecular flexibility index (Phi) is 5.44. The SMILES string of the molecule is CCCCC1CC=C(CCC(=O)O)CC1. The molecule has 0 saturated heterocycles. The van der Waals surface area contributed by atoms with E-state index in [9.17, 15) is 4.79 Å². The smallest absolute Gasteiger partial charge is 0.303 e. The van der Waals surface area contributed by atoms with E-state index < -0.39 is 5.97 Å². The summed E-state index contributed by atoms with van der Waals surface area (Å²) in [5.74, 6) is 0.183. The third-order valence-corrected chi connectivity index (χ3v) is 3.24. The quantitative estimate of drug-likeness (QED) is 0.678. The zero-order valence-electron chi connectivity index (χ0n) is 9.67. The lowest BCUT2D eigenvalue weighted by Crippen LogP contribution is -2.06. The van der Waals surface area contributed by atoms with Gasteiger partial charge in [-0.25, -0.2) is 0 Å². The molecular weight excluding hydrogens is 188 g/mol. The van der Waals surface area contributed by atoms with Gasteiger partial charge in [-0.15, -0.1) is 0 Å². The van der Waals surface area contributed by atoms with Crippen molar-refractivity contribution in [2.75, 3.05) is 0 Å². The second-order valence-corrected chi connectivity index (χ2v) is 4.54. The highest BCUT2D eigenvalue weighted by molar-refractivity contribution is 5.67. The van der Waals surface area contributed by atoms with Crippen molar-refractivity contribution in [1.29, 1.82) is 0 Å². The second-order valence-electron chi connectivity index (χ2n) is 4.54. The van der Waals surface area contributed by atoms with Crippen molar-refractivity contribution in [3.05, 3.63) is 11.6 Å². The summed E-state index contributed by atoms with van der Waals surface area (Å²) >= 11 is 0. The molecule has 0 radical (unpaired) electrons. The highest BCUT2D eigenvalue weighted by Crippen LogP contribution is 2.29. The molecule has 0 amide bonds. The molecule has 0 fully saturated rings. The first-order valence-electron chi connectivity index (χ1n) is 6.12. The highest BCUT2D eigenvalue weighted by Gasteiger charge is 2.14. The zero-order chi connectivity index (χ0) is 11.1. The number of hydrogen-bond acceptors (Lipinski definition) is 1. The van der Waals surface area contributed by atoms with Gasteiger partial charge >= 0.3 is 5.97 Å². The van der Waals surface area contributed by atoms with Gasteiger partial charge in [-0.3, -0.25) is 4.79 Å². The van der Waals surface area contributed by atoms with Crippen LogP contribution in [-0.2, 0) is 4.79 Å². The Morgan fingerprint density at radius 3 is 2.93 bits per heavy atom. The van der Waals surface area contributed by atoms with E-state index in [2.05, 4.69) is 13.0 Å². The molecule has 1 N–H and O–H groups in total. The summed E-state index contributed by atoms with van der Waals surface area (Å²) in [6.45, 7) is 2.23. The lowest BCUT2D eigenvalue weighted by Gasteiger charge is -2.21. The molecule has 0 aromatic heterocycles. The van der Waals surface area contributed by atoms with Crippen LogP contribution in [0.15, 0.2) is 11.6 Å². The Morgan fingerprint density at radius 2 is 2.40 bits per heavy atom. The predicted octanol–water partition coefficient (Wildman–Crippen LogP) is 3.77. The third-order valence-electron chi connectivity index (χ3n) is 3.24. The summed E-state index contributed by atoms with van der Waals surface area (Å²) in [5.41, 5.74) is 1.37. The van der Waals surface area contributed by atoms with E-state index in [0.29, 0.717) is 6.42 Å². The highest BCUT2D eigenvalue weighted by atomic mass is 16.4. The zero-order valence-corrected chi connectivity index (χ0v) is 9.67. The number of hydrogen-bond donors (Lipinski definition) is 1. The van der Waals surface area contributed by atoms with Crippen LogP contribution in [0.2, 0.25) is 0 Å². The van der Waals surface area contributed by atoms with Crippen molar-refractivity contribution in [3.63, 3.8) is 0 Å². The van der Waals surface area contributed by atoms with Gasteiger partial charge in [0.1, 0.15) is 0 Å². The van der Waals surface area contributed by atoms with Crippen LogP contribution in [0, 0.1) is 5.92 Å². The molecule has 0 spiro atoms. The fourth-order valence-electron chi connectivity index (χ4n) is 2.19. The van der Waals surface area contributed by atoms with Crippen molar-refractivity contribution in [1.82, 2.24) is 0 Å². The van der Waals surface area contributed by atoms with Gasteiger partial charge in [0.2, 0.25) is 0 Å². The Bertz CT molecular complexity index is 231.